The van der Waals surface area contributed by atoms with Gasteiger partial charge >= 0.3 is 0 Å². The Bertz CT molecular complexity index is 179. The molecule has 0 fully saturated rings. The van der Waals surface area contributed by atoms with Gasteiger partial charge in [0.2, 0.25) is 5.91 Å². The minimum absolute atomic E-state index is 0.0564. The van der Waals surface area contributed by atoms with Crippen LogP contribution in [-0.4, -0.2) is 23.7 Å². The van der Waals surface area contributed by atoms with Crippen molar-refractivity contribution in [2.75, 3.05) is 6.54 Å². The third-order valence-electron chi connectivity index (χ3n) is 1.95. The quantitative estimate of drug-likeness (QED) is 0.603. The standard InChI is InChI=1S/C9H15NO2/c1-7(11)6-10-9(12)8-4-2-3-5-8/h2-3,7-8,11H,4-6H2,1H3,(H,10,12)/t7-/m0/s1. The van der Waals surface area contributed by atoms with Crippen LogP contribution in [0.4, 0.5) is 0 Å². The van der Waals surface area contributed by atoms with Crippen molar-refractivity contribution < 1.29 is 9.90 Å². The highest BCUT2D eigenvalue weighted by atomic mass is 16.3. The molecule has 2 N–H and O–H groups in total. The van der Waals surface area contributed by atoms with Crippen molar-refractivity contribution in [3.63, 3.8) is 0 Å². The van der Waals surface area contributed by atoms with Crippen molar-refractivity contribution in [3.05, 3.63) is 12.2 Å². The molecule has 0 aromatic heterocycles. The van der Waals surface area contributed by atoms with Crippen LogP contribution in [0.2, 0.25) is 0 Å². The number of hydrogen-bond acceptors (Lipinski definition) is 2. The number of aliphatic hydroxyl groups is 1. The number of carbonyl (C=O) groups is 1. The van der Waals surface area contributed by atoms with Gasteiger partial charge in [-0.15, -0.1) is 0 Å². The summed E-state index contributed by atoms with van der Waals surface area (Å²) in [5, 5.41) is 11.6. The molecule has 0 spiro atoms. The SMILES string of the molecule is C[C@H](O)CNC(=O)C1CC=CC1. The van der Waals surface area contributed by atoms with Gasteiger partial charge in [0, 0.05) is 12.5 Å². The highest BCUT2D eigenvalue weighted by molar-refractivity contribution is 5.79. The van der Waals surface area contributed by atoms with Gasteiger partial charge in [0.15, 0.2) is 0 Å². The second kappa shape index (κ2) is 4.26. The zero-order valence-corrected chi connectivity index (χ0v) is 7.29. The first-order valence-corrected chi connectivity index (χ1v) is 4.31. The molecular formula is C9H15NO2. The van der Waals surface area contributed by atoms with Crippen molar-refractivity contribution in [2.45, 2.75) is 25.9 Å². The van der Waals surface area contributed by atoms with Gasteiger partial charge in [-0.05, 0) is 19.8 Å². The molecule has 0 aliphatic heterocycles. The molecule has 12 heavy (non-hydrogen) atoms. The summed E-state index contributed by atoms with van der Waals surface area (Å²) in [6, 6.07) is 0. The summed E-state index contributed by atoms with van der Waals surface area (Å²) in [7, 11) is 0. The Hall–Kier alpha value is -0.830. The minimum Gasteiger partial charge on any atom is -0.392 e. The van der Waals surface area contributed by atoms with Crippen molar-refractivity contribution >= 4 is 5.91 Å². The van der Waals surface area contributed by atoms with Gasteiger partial charge < -0.3 is 10.4 Å². The van der Waals surface area contributed by atoms with Crippen LogP contribution in [0.15, 0.2) is 12.2 Å². The molecule has 0 aromatic carbocycles. The number of rotatable bonds is 3. The predicted octanol–water partition coefficient (Wildman–Crippen LogP) is 0.450. The predicted molar refractivity (Wildman–Crippen MR) is 46.6 cm³/mol. The molecule has 0 unspecified atom stereocenters. The van der Waals surface area contributed by atoms with E-state index in [4.69, 9.17) is 5.11 Å². The Labute approximate surface area is 72.5 Å². The molecule has 0 heterocycles. The van der Waals surface area contributed by atoms with E-state index in [-0.39, 0.29) is 11.8 Å². The third kappa shape index (κ3) is 2.66. The second-order valence-electron chi connectivity index (χ2n) is 3.23. The fourth-order valence-electron chi connectivity index (χ4n) is 1.22. The van der Waals surface area contributed by atoms with Crippen molar-refractivity contribution in [1.29, 1.82) is 0 Å². The van der Waals surface area contributed by atoms with Crippen molar-refractivity contribution in [1.82, 2.24) is 5.32 Å². The van der Waals surface area contributed by atoms with E-state index in [1.54, 1.807) is 6.92 Å². The second-order valence-corrected chi connectivity index (χ2v) is 3.23. The van der Waals surface area contributed by atoms with Crippen LogP contribution in [0.25, 0.3) is 0 Å². The molecule has 0 radical (unpaired) electrons. The third-order valence-corrected chi connectivity index (χ3v) is 1.95. The molecule has 0 saturated heterocycles. The lowest BCUT2D eigenvalue weighted by Crippen LogP contribution is -2.34. The van der Waals surface area contributed by atoms with Crippen LogP contribution < -0.4 is 5.32 Å². The molecule has 1 amide bonds. The Kier molecular flexibility index (Phi) is 3.29. The maximum Gasteiger partial charge on any atom is 0.223 e. The molecule has 1 aliphatic rings. The molecular weight excluding hydrogens is 154 g/mol. The molecule has 0 saturated carbocycles. The number of allylic oxidation sites excluding steroid dienone is 2. The summed E-state index contributed by atoms with van der Waals surface area (Å²) in [4.78, 5) is 11.3. The van der Waals surface area contributed by atoms with E-state index in [0.29, 0.717) is 6.54 Å². The summed E-state index contributed by atoms with van der Waals surface area (Å²) < 4.78 is 0. The zero-order valence-electron chi connectivity index (χ0n) is 7.29. The Balaban J connectivity index is 2.20. The maximum absolute atomic E-state index is 11.3. The number of nitrogens with one attached hydrogen (secondary N) is 1. The first kappa shape index (κ1) is 9.26. The van der Waals surface area contributed by atoms with Crippen LogP contribution in [0.5, 0.6) is 0 Å². The minimum atomic E-state index is -0.455. The Morgan fingerprint density at radius 1 is 1.67 bits per heavy atom. The zero-order chi connectivity index (χ0) is 8.97. The average molecular weight is 169 g/mol. The van der Waals surface area contributed by atoms with Crippen LogP contribution in [0.1, 0.15) is 19.8 Å². The van der Waals surface area contributed by atoms with Crippen LogP contribution in [0.3, 0.4) is 0 Å². The maximum atomic E-state index is 11.3. The summed E-state index contributed by atoms with van der Waals surface area (Å²) in [5.74, 6) is 0.157. The molecule has 3 heteroatoms. The van der Waals surface area contributed by atoms with E-state index in [9.17, 15) is 4.79 Å². The number of carbonyl (C=O) groups excluding carboxylic acids is 1. The highest BCUT2D eigenvalue weighted by Crippen LogP contribution is 2.17. The number of amides is 1. The van der Waals surface area contributed by atoms with Gasteiger partial charge in [-0.1, -0.05) is 12.2 Å². The lowest BCUT2D eigenvalue weighted by Gasteiger charge is -2.11. The van der Waals surface area contributed by atoms with Crippen molar-refractivity contribution in [2.24, 2.45) is 5.92 Å². The van der Waals surface area contributed by atoms with E-state index < -0.39 is 6.10 Å². The molecule has 68 valence electrons. The van der Waals surface area contributed by atoms with Gasteiger partial charge in [-0.3, -0.25) is 4.79 Å². The fraction of sp³-hybridized carbons (Fsp3) is 0.667. The first-order valence-electron chi connectivity index (χ1n) is 4.31. The Morgan fingerprint density at radius 2 is 2.25 bits per heavy atom. The molecule has 0 bridgehead atoms. The molecule has 1 rings (SSSR count). The van der Waals surface area contributed by atoms with E-state index >= 15 is 0 Å². The van der Waals surface area contributed by atoms with Gasteiger partial charge in [0.1, 0.15) is 0 Å². The summed E-state index contributed by atoms with van der Waals surface area (Å²) >= 11 is 0. The number of hydrogen-bond donors (Lipinski definition) is 2. The lowest BCUT2D eigenvalue weighted by molar-refractivity contribution is -0.125. The molecule has 1 aliphatic carbocycles. The first-order chi connectivity index (χ1) is 5.70. The smallest absolute Gasteiger partial charge is 0.223 e. The number of aliphatic hydroxyl groups excluding tert-OH is 1. The lowest BCUT2D eigenvalue weighted by atomic mass is 10.1. The van der Waals surface area contributed by atoms with E-state index in [1.165, 1.54) is 0 Å². The largest absolute Gasteiger partial charge is 0.392 e. The Morgan fingerprint density at radius 3 is 2.75 bits per heavy atom. The topological polar surface area (TPSA) is 49.3 Å². The van der Waals surface area contributed by atoms with Gasteiger partial charge in [0.05, 0.1) is 6.10 Å². The van der Waals surface area contributed by atoms with Crippen LogP contribution in [0, 0.1) is 5.92 Å². The van der Waals surface area contributed by atoms with Crippen LogP contribution in [-0.2, 0) is 4.79 Å². The molecule has 0 aromatic rings. The van der Waals surface area contributed by atoms with Crippen LogP contribution >= 0.6 is 0 Å². The van der Waals surface area contributed by atoms with Gasteiger partial charge in [-0.25, -0.2) is 0 Å². The fourth-order valence-corrected chi connectivity index (χ4v) is 1.22. The monoisotopic (exact) mass is 169 g/mol. The van der Waals surface area contributed by atoms with Crippen molar-refractivity contribution in [3.8, 4) is 0 Å². The normalized spacial score (nSPS) is 19.5. The molecule has 1 atom stereocenters. The van der Waals surface area contributed by atoms with Gasteiger partial charge in [0.25, 0.3) is 0 Å². The highest BCUT2D eigenvalue weighted by Gasteiger charge is 2.18. The average Bonchev–Trinajstić information content (AvgIpc) is 2.51. The summed E-state index contributed by atoms with van der Waals surface area (Å²) in [6.07, 6.45) is 5.26. The van der Waals surface area contributed by atoms with E-state index in [0.717, 1.165) is 12.8 Å². The van der Waals surface area contributed by atoms with E-state index in [2.05, 4.69) is 5.32 Å². The summed E-state index contributed by atoms with van der Waals surface area (Å²) in [6.45, 7) is 2.02. The summed E-state index contributed by atoms with van der Waals surface area (Å²) in [5.41, 5.74) is 0. The van der Waals surface area contributed by atoms with E-state index in [1.807, 2.05) is 12.2 Å². The van der Waals surface area contributed by atoms with Gasteiger partial charge in [-0.2, -0.15) is 0 Å². The molecule has 3 nitrogen and oxygen atoms in total.